The van der Waals surface area contributed by atoms with Crippen molar-refractivity contribution in [1.82, 2.24) is 4.90 Å². The van der Waals surface area contributed by atoms with Gasteiger partial charge in [-0.25, -0.2) is 0 Å². The molecule has 9 heteroatoms. The van der Waals surface area contributed by atoms with Crippen molar-refractivity contribution in [3.8, 4) is 5.75 Å². The maximum absolute atomic E-state index is 15.8. The lowest BCUT2D eigenvalue weighted by Crippen LogP contribution is -2.42. The van der Waals surface area contributed by atoms with Crippen LogP contribution in [-0.4, -0.2) is 56.6 Å². The van der Waals surface area contributed by atoms with Crippen LogP contribution in [0.2, 0.25) is 18.6 Å². The van der Waals surface area contributed by atoms with Crippen molar-refractivity contribution in [2.75, 3.05) is 25.6 Å². The summed E-state index contributed by atoms with van der Waals surface area (Å²) in [5.41, 5.74) is 0.181. The van der Waals surface area contributed by atoms with Crippen LogP contribution in [0.4, 0.5) is 9.80 Å². The second-order valence-corrected chi connectivity index (χ2v) is 13.7. The maximum Gasteiger partial charge on any atom is 0.261 e. The van der Waals surface area contributed by atoms with E-state index in [4.69, 9.17) is 9.47 Å². The molecule has 2 aliphatic heterocycles. The molecular weight excluding hydrogens is 467 g/mol. The van der Waals surface area contributed by atoms with Gasteiger partial charge in [0.2, 0.25) is 14.3 Å². The number of anilines is 1. The number of nitrogens with one attached hydrogen (secondary N) is 1. The third kappa shape index (κ3) is 4.60. The fourth-order valence-electron chi connectivity index (χ4n) is 5.69. The lowest BCUT2D eigenvalue weighted by molar-refractivity contribution is -0.148. The first-order valence-electron chi connectivity index (χ1n) is 11.9. The minimum Gasteiger partial charge on any atom is -0.497 e. The molecule has 0 aliphatic carbocycles. The van der Waals surface area contributed by atoms with Crippen molar-refractivity contribution in [3.63, 3.8) is 0 Å². The molecule has 188 valence electrons. The predicted octanol–water partition coefficient (Wildman–Crippen LogP) is 3.83. The third-order valence-electron chi connectivity index (χ3n) is 7.24. The molecule has 0 unspecified atom stereocenters. The van der Waals surface area contributed by atoms with E-state index in [0.717, 1.165) is 5.56 Å². The minimum absolute atomic E-state index is 0.0729. The highest BCUT2D eigenvalue weighted by Crippen LogP contribution is 2.59. The Kier molecular flexibility index (Phi) is 7.03. The van der Waals surface area contributed by atoms with E-state index in [1.807, 2.05) is 37.3 Å². The Balaban J connectivity index is 1.66. The average molecular weight is 501 g/mol. The molecule has 2 heterocycles. The van der Waals surface area contributed by atoms with Crippen molar-refractivity contribution in [2.24, 2.45) is 5.92 Å². The Morgan fingerprint density at radius 1 is 1.26 bits per heavy atom. The summed E-state index contributed by atoms with van der Waals surface area (Å²) < 4.78 is 27.6. The standard InChI is InChI=1S/C26H33FN2O5Si/c1-17-24(35(3,4)27)22(15-23(31)29(12-13-30)16-18-8-6-5-7-9-18)34-26(17)20-14-19(33-2)10-11-21(20)28-25(26)32/h5-11,14,17,22,24,30H,12-13,15-16H2,1-4H3,(H,28,32)/t17-,22+,24-,26+/m1/s1. The topological polar surface area (TPSA) is 88.1 Å². The summed E-state index contributed by atoms with van der Waals surface area (Å²) in [4.78, 5) is 28.3. The number of aliphatic hydroxyl groups is 1. The molecule has 0 saturated carbocycles. The predicted molar refractivity (Wildman–Crippen MR) is 133 cm³/mol. The number of carbonyl (C=O) groups is 2. The summed E-state index contributed by atoms with van der Waals surface area (Å²) in [5.74, 6) is -0.506. The van der Waals surface area contributed by atoms with Gasteiger partial charge in [0.25, 0.3) is 5.91 Å². The number of ether oxygens (including phenoxy) is 2. The average Bonchev–Trinajstić information content (AvgIpc) is 3.27. The Morgan fingerprint density at radius 2 is 1.97 bits per heavy atom. The lowest BCUT2D eigenvalue weighted by Gasteiger charge is -2.31. The molecule has 1 spiro atoms. The monoisotopic (exact) mass is 500 g/mol. The second kappa shape index (κ2) is 9.71. The first-order chi connectivity index (χ1) is 16.6. The number of rotatable bonds is 8. The van der Waals surface area contributed by atoms with Gasteiger partial charge >= 0.3 is 0 Å². The smallest absolute Gasteiger partial charge is 0.261 e. The van der Waals surface area contributed by atoms with Crippen LogP contribution >= 0.6 is 0 Å². The highest BCUT2D eigenvalue weighted by atomic mass is 28.4. The van der Waals surface area contributed by atoms with Crippen molar-refractivity contribution in [3.05, 3.63) is 59.7 Å². The second-order valence-electron chi connectivity index (χ2n) is 9.87. The van der Waals surface area contributed by atoms with E-state index < -0.39 is 31.6 Å². The highest BCUT2D eigenvalue weighted by molar-refractivity contribution is 6.72. The number of hydrogen-bond acceptors (Lipinski definition) is 5. The van der Waals surface area contributed by atoms with Gasteiger partial charge in [-0.15, -0.1) is 0 Å². The fraction of sp³-hybridized carbons (Fsp3) is 0.462. The Labute approximate surface area is 206 Å². The zero-order valence-corrected chi connectivity index (χ0v) is 21.6. The first kappa shape index (κ1) is 25.3. The molecule has 7 nitrogen and oxygen atoms in total. The summed E-state index contributed by atoms with van der Waals surface area (Å²) in [6.07, 6.45) is -0.847. The van der Waals surface area contributed by atoms with Gasteiger partial charge in [-0.2, -0.15) is 0 Å². The summed E-state index contributed by atoms with van der Waals surface area (Å²) in [7, 11) is -1.82. The number of hydrogen-bond donors (Lipinski definition) is 2. The van der Waals surface area contributed by atoms with Crippen LogP contribution in [0.25, 0.3) is 0 Å². The van der Waals surface area contributed by atoms with Gasteiger partial charge in [-0.05, 0) is 36.9 Å². The third-order valence-corrected chi connectivity index (χ3v) is 9.69. The number of methoxy groups -OCH3 is 1. The van der Waals surface area contributed by atoms with E-state index in [-0.39, 0.29) is 31.4 Å². The van der Waals surface area contributed by atoms with Crippen LogP contribution in [0.1, 0.15) is 24.5 Å². The summed E-state index contributed by atoms with van der Waals surface area (Å²) in [6.45, 7) is 5.34. The van der Waals surface area contributed by atoms with Crippen LogP contribution in [0, 0.1) is 5.92 Å². The van der Waals surface area contributed by atoms with E-state index in [1.165, 1.54) is 0 Å². The van der Waals surface area contributed by atoms with Gasteiger partial charge in [0, 0.05) is 35.8 Å². The molecule has 0 aromatic heterocycles. The van der Waals surface area contributed by atoms with Crippen molar-refractivity contribution in [2.45, 2.75) is 50.2 Å². The van der Waals surface area contributed by atoms with Crippen LogP contribution in [0.15, 0.2) is 48.5 Å². The molecule has 4 atom stereocenters. The van der Waals surface area contributed by atoms with Crippen molar-refractivity contribution >= 4 is 25.9 Å². The molecule has 2 N–H and O–H groups in total. The largest absolute Gasteiger partial charge is 0.497 e. The number of benzene rings is 2. The van der Waals surface area contributed by atoms with Gasteiger partial charge in [-0.1, -0.05) is 37.3 Å². The van der Waals surface area contributed by atoms with Gasteiger partial charge in [0.05, 0.1) is 26.2 Å². The zero-order chi connectivity index (χ0) is 25.4. The molecular formula is C26H33FN2O5Si. The molecule has 0 bridgehead atoms. The highest BCUT2D eigenvalue weighted by Gasteiger charge is 2.65. The zero-order valence-electron chi connectivity index (χ0n) is 20.6. The van der Waals surface area contributed by atoms with E-state index in [1.54, 1.807) is 43.3 Å². The summed E-state index contributed by atoms with van der Waals surface area (Å²) in [6, 6.07) is 14.8. The molecule has 35 heavy (non-hydrogen) atoms. The molecule has 2 aromatic carbocycles. The number of amides is 2. The summed E-state index contributed by atoms with van der Waals surface area (Å²) in [5, 5.41) is 12.4. The van der Waals surface area contributed by atoms with Crippen LogP contribution in [-0.2, 0) is 26.5 Å². The number of fused-ring (bicyclic) bond motifs is 2. The van der Waals surface area contributed by atoms with Crippen molar-refractivity contribution in [1.29, 1.82) is 0 Å². The van der Waals surface area contributed by atoms with Gasteiger partial charge in [-0.3, -0.25) is 9.59 Å². The fourth-order valence-corrected chi connectivity index (χ4v) is 8.18. The molecule has 1 saturated heterocycles. The number of nitrogens with zero attached hydrogens (tertiary/aromatic N) is 1. The quantitative estimate of drug-likeness (QED) is 0.425. The molecule has 1 fully saturated rings. The SMILES string of the molecule is COc1ccc2c(c1)[C@]1(O[C@@H](CC(=O)N(CCO)Cc3ccccc3)[C@H]([Si](C)(C)F)[C@H]1C)C(=O)N2. The van der Waals surface area contributed by atoms with E-state index in [0.29, 0.717) is 23.5 Å². The van der Waals surface area contributed by atoms with E-state index in [9.17, 15) is 14.7 Å². The molecule has 2 amide bonds. The van der Waals surface area contributed by atoms with Gasteiger partial charge in [0.1, 0.15) is 5.75 Å². The minimum atomic E-state index is -3.37. The normalized spacial score (nSPS) is 25.4. The molecule has 0 radical (unpaired) electrons. The Morgan fingerprint density at radius 3 is 2.60 bits per heavy atom. The van der Waals surface area contributed by atoms with Crippen molar-refractivity contribution < 1.29 is 28.3 Å². The summed E-state index contributed by atoms with van der Waals surface area (Å²) >= 11 is 0. The molecule has 2 aliphatic rings. The Hall–Kier alpha value is -2.75. The first-order valence-corrected chi connectivity index (χ1v) is 14.9. The van der Waals surface area contributed by atoms with Crippen LogP contribution in [0.5, 0.6) is 5.75 Å². The van der Waals surface area contributed by atoms with E-state index in [2.05, 4.69) is 5.32 Å². The molecule has 4 rings (SSSR count). The van der Waals surface area contributed by atoms with Crippen LogP contribution < -0.4 is 10.1 Å². The lowest BCUT2D eigenvalue weighted by atomic mass is 9.82. The van der Waals surface area contributed by atoms with Crippen LogP contribution in [0.3, 0.4) is 0 Å². The van der Waals surface area contributed by atoms with E-state index >= 15 is 4.11 Å². The Bertz CT molecular complexity index is 1090. The number of carbonyl (C=O) groups excluding carboxylic acids is 2. The number of halogens is 1. The molecule has 2 aromatic rings. The number of aliphatic hydroxyl groups excluding tert-OH is 1. The maximum atomic E-state index is 15.8. The van der Waals surface area contributed by atoms with Gasteiger partial charge < -0.3 is 28.9 Å². The van der Waals surface area contributed by atoms with Gasteiger partial charge in [0.15, 0.2) is 5.60 Å².